The van der Waals surface area contributed by atoms with E-state index in [-0.39, 0.29) is 16.7 Å². The highest BCUT2D eigenvalue weighted by Crippen LogP contribution is 2.36. The van der Waals surface area contributed by atoms with Crippen molar-refractivity contribution in [2.24, 2.45) is 0 Å². The van der Waals surface area contributed by atoms with Gasteiger partial charge in [-0.25, -0.2) is 9.69 Å². The lowest BCUT2D eigenvalue weighted by Gasteiger charge is -2.13. The first-order valence-corrected chi connectivity index (χ1v) is 10.5. The fourth-order valence-electron chi connectivity index (χ4n) is 3.75. The van der Waals surface area contributed by atoms with Crippen molar-refractivity contribution in [1.29, 1.82) is 0 Å². The number of rotatable bonds is 4. The van der Waals surface area contributed by atoms with Gasteiger partial charge < -0.3 is 9.67 Å². The molecule has 0 radical (unpaired) electrons. The highest BCUT2D eigenvalue weighted by Gasteiger charge is 2.36. The van der Waals surface area contributed by atoms with Gasteiger partial charge in [-0.1, -0.05) is 18.2 Å². The SMILES string of the molecule is Cc1cc(C(=O)O)ccc1-n1c(C)cc(/C=C2\SC(=O)N(c3ccccc3)C2=O)c1C. The molecule has 3 aromatic rings. The third-order valence-corrected chi connectivity index (χ3v) is 6.12. The van der Waals surface area contributed by atoms with E-state index in [9.17, 15) is 19.5 Å². The predicted molar refractivity (Wildman–Crippen MR) is 122 cm³/mol. The first-order valence-electron chi connectivity index (χ1n) is 9.64. The highest BCUT2D eigenvalue weighted by molar-refractivity contribution is 8.19. The Labute approximate surface area is 183 Å². The smallest absolute Gasteiger partial charge is 0.335 e. The molecule has 2 aromatic carbocycles. The molecule has 0 bridgehead atoms. The zero-order valence-corrected chi connectivity index (χ0v) is 18.1. The quantitative estimate of drug-likeness (QED) is 0.563. The zero-order chi connectivity index (χ0) is 22.3. The van der Waals surface area contributed by atoms with Crippen molar-refractivity contribution in [2.45, 2.75) is 20.8 Å². The van der Waals surface area contributed by atoms with Gasteiger partial charge in [-0.2, -0.15) is 0 Å². The fraction of sp³-hybridized carbons (Fsp3) is 0.125. The number of aromatic carboxylic acids is 1. The number of para-hydroxylation sites is 1. The molecule has 0 aliphatic carbocycles. The standard InChI is InChI=1S/C24H20N2O4S/c1-14-11-17(23(28)29)9-10-20(14)25-15(2)12-18(16(25)3)13-21-22(27)26(24(30)31-21)19-7-5-4-6-8-19/h4-13H,1-3H3,(H,28,29)/b21-13-. The van der Waals surface area contributed by atoms with Crippen molar-refractivity contribution >= 4 is 40.6 Å². The summed E-state index contributed by atoms with van der Waals surface area (Å²) >= 11 is 0.923. The van der Waals surface area contributed by atoms with Crippen molar-refractivity contribution in [1.82, 2.24) is 4.57 Å². The minimum Gasteiger partial charge on any atom is -0.478 e. The number of hydrogen-bond acceptors (Lipinski definition) is 4. The molecule has 1 aliphatic heterocycles. The first kappa shape index (κ1) is 20.7. The van der Waals surface area contributed by atoms with E-state index in [2.05, 4.69) is 0 Å². The number of thioether (sulfide) groups is 1. The molecule has 0 spiro atoms. The number of imide groups is 1. The summed E-state index contributed by atoms with van der Waals surface area (Å²) < 4.78 is 2.02. The molecule has 0 saturated carbocycles. The van der Waals surface area contributed by atoms with Crippen LogP contribution in [0.25, 0.3) is 11.8 Å². The molecular formula is C24H20N2O4S. The highest BCUT2D eigenvalue weighted by atomic mass is 32.2. The van der Waals surface area contributed by atoms with Crippen LogP contribution in [0.15, 0.2) is 59.5 Å². The summed E-state index contributed by atoms with van der Waals surface area (Å²) in [5.41, 5.74) is 5.16. The van der Waals surface area contributed by atoms with Gasteiger partial charge in [0.15, 0.2) is 0 Å². The Hall–Kier alpha value is -3.58. The van der Waals surface area contributed by atoms with Crippen LogP contribution in [-0.4, -0.2) is 26.8 Å². The van der Waals surface area contributed by atoms with Gasteiger partial charge in [0.05, 0.1) is 16.2 Å². The molecule has 1 aromatic heterocycles. The largest absolute Gasteiger partial charge is 0.478 e. The molecule has 0 atom stereocenters. The Morgan fingerprint density at radius 3 is 2.35 bits per heavy atom. The van der Waals surface area contributed by atoms with Crippen molar-refractivity contribution in [3.05, 3.63) is 87.6 Å². The number of benzene rings is 2. The predicted octanol–water partition coefficient (Wildman–Crippen LogP) is 5.34. The summed E-state index contributed by atoms with van der Waals surface area (Å²) in [5, 5.41) is 8.89. The average Bonchev–Trinajstić information content (AvgIpc) is 3.17. The van der Waals surface area contributed by atoms with Crippen LogP contribution in [0.3, 0.4) is 0 Å². The molecule has 7 heteroatoms. The maximum absolute atomic E-state index is 12.9. The van der Waals surface area contributed by atoms with E-state index < -0.39 is 5.97 Å². The molecule has 1 fully saturated rings. The summed E-state index contributed by atoms with van der Waals surface area (Å²) in [5.74, 6) is -1.31. The third kappa shape index (κ3) is 3.68. The molecule has 1 aliphatic rings. The van der Waals surface area contributed by atoms with Crippen LogP contribution in [-0.2, 0) is 4.79 Å². The van der Waals surface area contributed by atoms with Crippen LogP contribution in [0.4, 0.5) is 10.5 Å². The number of aryl methyl sites for hydroxylation is 2. The van der Waals surface area contributed by atoms with Crippen LogP contribution in [0, 0.1) is 20.8 Å². The fourth-order valence-corrected chi connectivity index (χ4v) is 4.58. The molecular weight excluding hydrogens is 412 g/mol. The number of carbonyl (C=O) groups excluding carboxylic acids is 2. The van der Waals surface area contributed by atoms with Crippen LogP contribution in [0.2, 0.25) is 0 Å². The molecule has 2 heterocycles. The monoisotopic (exact) mass is 432 g/mol. The second-order valence-corrected chi connectivity index (χ2v) is 8.31. The maximum Gasteiger partial charge on any atom is 0.335 e. The molecule has 6 nitrogen and oxygen atoms in total. The van der Waals surface area contributed by atoms with Gasteiger partial charge >= 0.3 is 5.97 Å². The van der Waals surface area contributed by atoms with Gasteiger partial charge in [-0.15, -0.1) is 0 Å². The van der Waals surface area contributed by atoms with Crippen molar-refractivity contribution in [2.75, 3.05) is 4.90 Å². The minimum absolute atomic E-state index is 0.235. The van der Waals surface area contributed by atoms with Crippen LogP contribution in [0.5, 0.6) is 0 Å². The second-order valence-electron chi connectivity index (χ2n) is 7.32. The summed E-state index contributed by atoms with van der Waals surface area (Å²) in [7, 11) is 0. The number of amides is 2. The minimum atomic E-state index is -0.967. The Morgan fingerprint density at radius 1 is 1.00 bits per heavy atom. The van der Waals surface area contributed by atoms with E-state index in [4.69, 9.17) is 0 Å². The number of aromatic nitrogens is 1. The molecule has 1 saturated heterocycles. The van der Waals surface area contributed by atoms with Crippen molar-refractivity contribution < 1.29 is 19.5 Å². The Bertz CT molecular complexity index is 1260. The lowest BCUT2D eigenvalue weighted by Crippen LogP contribution is -2.27. The Balaban J connectivity index is 1.72. The molecule has 31 heavy (non-hydrogen) atoms. The van der Waals surface area contributed by atoms with Gasteiger partial charge in [0.1, 0.15) is 0 Å². The van der Waals surface area contributed by atoms with Gasteiger partial charge in [-0.05, 0) is 86.1 Å². The third-order valence-electron chi connectivity index (χ3n) is 5.25. The Kier molecular flexibility index (Phi) is 5.29. The van der Waals surface area contributed by atoms with Crippen molar-refractivity contribution in [3.8, 4) is 5.69 Å². The number of carboxylic acids is 1. The second kappa shape index (κ2) is 7.92. The van der Waals surface area contributed by atoms with E-state index in [0.717, 1.165) is 40.0 Å². The number of hydrogen-bond donors (Lipinski definition) is 1. The van der Waals surface area contributed by atoms with E-state index >= 15 is 0 Å². The van der Waals surface area contributed by atoms with E-state index in [1.807, 2.05) is 37.5 Å². The van der Waals surface area contributed by atoms with E-state index in [0.29, 0.717) is 10.6 Å². The van der Waals surface area contributed by atoms with E-state index in [1.165, 1.54) is 4.90 Å². The van der Waals surface area contributed by atoms with Crippen molar-refractivity contribution in [3.63, 3.8) is 0 Å². The maximum atomic E-state index is 12.9. The lowest BCUT2D eigenvalue weighted by molar-refractivity contribution is -0.113. The van der Waals surface area contributed by atoms with Crippen LogP contribution >= 0.6 is 11.8 Å². The lowest BCUT2D eigenvalue weighted by atomic mass is 10.1. The van der Waals surface area contributed by atoms with Gasteiger partial charge in [-0.3, -0.25) is 9.59 Å². The normalized spacial score (nSPS) is 15.2. The number of nitrogens with zero attached hydrogens (tertiary/aromatic N) is 2. The van der Waals surface area contributed by atoms with Gasteiger partial charge in [0, 0.05) is 17.1 Å². The molecule has 1 N–H and O–H groups in total. The van der Waals surface area contributed by atoms with Crippen LogP contribution in [0.1, 0.15) is 32.9 Å². The Morgan fingerprint density at radius 2 is 1.71 bits per heavy atom. The first-order chi connectivity index (χ1) is 14.8. The summed E-state index contributed by atoms with van der Waals surface area (Å²) in [6.45, 7) is 5.75. The topological polar surface area (TPSA) is 79.6 Å². The average molecular weight is 433 g/mol. The molecule has 2 amide bonds. The molecule has 156 valence electrons. The number of anilines is 1. The zero-order valence-electron chi connectivity index (χ0n) is 17.2. The van der Waals surface area contributed by atoms with E-state index in [1.54, 1.807) is 48.5 Å². The summed E-state index contributed by atoms with van der Waals surface area (Å²) in [6.07, 6.45) is 1.74. The van der Waals surface area contributed by atoms with Gasteiger partial charge in [0.2, 0.25) is 0 Å². The molecule has 4 rings (SSSR count). The summed E-state index contributed by atoms with van der Waals surface area (Å²) in [6, 6.07) is 15.8. The number of carboxylic acid groups (broad SMARTS) is 1. The summed E-state index contributed by atoms with van der Waals surface area (Å²) in [4.78, 5) is 38.2. The molecule has 0 unspecified atom stereocenters. The number of carbonyl (C=O) groups is 3. The van der Waals surface area contributed by atoms with Crippen LogP contribution < -0.4 is 4.90 Å². The van der Waals surface area contributed by atoms with Gasteiger partial charge in [0.25, 0.3) is 11.1 Å².